The maximum atomic E-state index is 12.9. The third kappa shape index (κ3) is 4.08. The highest BCUT2D eigenvalue weighted by atomic mass is 32.2. The first kappa shape index (κ1) is 21.6. The summed E-state index contributed by atoms with van der Waals surface area (Å²) in [5.41, 5.74) is -5.06. The zero-order valence-electron chi connectivity index (χ0n) is 15.5. The zero-order valence-corrected chi connectivity index (χ0v) is 16.3. The number of amides is 2. The van der Waals surface area contributed by atoms with Crippen molar-refractivity contribution in [3.05, 3.63) is 42.6 Å². The summed E-state index contributed by atoms with van der Waals surface area (Å²) in [4.78, 5) is 29.2. The van der Waals surface area contributed by atoms with Gasteiger partial charge in [0.25, 0.3) is 15.7 Å². The number of rotatable bonds is 5. The summed E-state index contributed by atoms with van der Waals surface area (Å²) in [6, 6.07) is 6.74. The molecule has 1 unspecified atom stereocenters. The van der Waals surface area contributed by atoms with Crippen molar-refractivity contribution < 1.29 is 35.9 Å². The van der Waals surface area contributed by atoms with Crippen molar-refractivity contribution in [1.29, 1.82) is 0 Å². The largest absolute Gasteiger partial charge is 0.501 e. The molecule has 0 spiro atoms. The van der Waals surface area contributed by atoms with Gasteiger partial charge in [-0.15, -0.1) is 0 Å². The second-order valence-corrected chi connectivity index (χ2v) is 8.22. The average molecular weight is 443 g/mol. The van der Waals surface area contributed by atoms with Crippen LogP contribution in [-0.4, -0.2) is 43.4 Å². The van der Waals surface area contributed by atoms with Gasteiger partial charge in [-0.25, -0.2) is 13.4 Å². The molecule has 1 N–H and O–H groups in total. The van der Waals surface area contributed by atoms with E-state index in [-0.39, 0.29) is 24.5 Å². The second kappa shape index (κ2) is 7.94. The van der Waals surface area contributed by atoms with Gasteiger partial charge in [0.05, 0.1) is 10.6 Å². The lowest BCUT2D eigenvalue weighted by Crippen LogP contribution is -2.48. The van der Waals surface area contributed by atoms with E-state index in [0.29, 0.717) is 5.69 Å². The van der Waals surface area contributed by atoms with E-state index in [2.05, 4.69) is 10.3 Å². The number of nitrogens with one attached hydrogen (secondary N) is 1. The first-order valence-electron chi connectivity index (χ1n) is 8.69. The lowest BCUT2D eigenvalue weighted by Gasteiger charge is -2.30. The van der Waals surface area contributed by atoms with Crippen LogP contribution in [0.1, 0.15) is 13.3 Å². The van der Waals surface area contributed by atoms with E-state index in [0.717, 1.165) is 29.2 Å². The smallest absolute Gasteiger partial charge is 0.481 e. The van der Waals surface area contributed by atoms with Crippen molar-refractivity contribution in [2.75, 3.05) is 16.8 Å². The number of hydrogen-bond donors (Lipinski definition) is 1. The fourth-order valence-corrected chi connectivity index (χ4v) is 3.54. The van der Waals surface area contributed by atoms with Crippen LogP contribution < -0.4 is 15.0 Å². The third-order valence-corrected chi connectivity index (χ3v) is 5.75. The number of nitrogens with zero attached hydrogens (tertiary/aromatic N) is 2. The van der Waals surface area contributed by atoms with Crippen LogP contribution in [0.15, 0.2) is 47.5 Å². The number of aromatic nitrogens is 1. The second-order valence-electron chi connectivity index (χ2n) is 6.28. The van der Waals surface area contributed by atoms with Gasteiger partial charge in [0.1, 0.15) is 12.3 Å². The Morgan fingerprint density at radius 3 is 2.53 bits per heavy atom. The van der Waals surface area contributed by atoms with Crippen molar-refractivity contribution in [2.45, 2.75) is 29.9 Å². The van der Waals surface area contributed by atoms with Gasteiger partial charge in [-0.2, -0.15) is 13.2 Å². The SMILES string of the molecule is CCC(Oc1ccc(S(=O)(=O)C(F)(F)F)cc1)C(=O)N1CC(=O)Nc2cccnc21. The number of sulfone groups is 1. The van der Waals surface area contributed by atoms with Crippen LogP contribution in [0.4, 0.5) is 24.7 Å². The van der Waals surface area contributed by atoms with Crippen LogP contribution in [0.25, 0.3) is 0 Å². The quantitative estimate of drug-likeness (QED) is 0.761. The number of halogens is 3. The van der Waals surface area contributed by atoms with Gasteiger partial charge in [-0.3, -0.25) is 14.5 Å². The summed E-state index contributed by atoms with van der Waals surface area (Å²) in [6.45, 7) is 1.37. The van der Waals surface area contributed by atoms with Crippen molar-refractivity contribution in [1.82, 2.24) is 4.98 Å². The van der Waals surface area contributed by atoms with E-state index in [1.165, 1.54) is 6.20 Å². The maximum absolute atomic E-state index is 12.9. The topological polar surface area (TPSA) is 106 Å². The number of anilines is 2. The van der Waals surface area contributed by atoms with Gasteiger partial charge in [0, 0.05) is 6.20 Å². The zero-order chi connectivity index (χ0) is 22.1. The molecule has 12 heteroatoms. The first-order valence-corrected chi connectivity index (χ1v) is 10.2. The molecular weight excluding hydrogens is 427 g/mol. The van der Waals surface area contributed by atoms with E-state index in [4.69, 9.17) is 4.74 Å². The lowest BCUT2D eigenvalue weighted by atomic mass is 10.2. The number of carbonyl (C=O) groups excluding carboxylic acids is 2. The van der Waals surface area contributed by atoms with Gasteiger partial charge in [-0.05, 0) is 42.8 Å². The predicted molar refractivity (Wildman–Crippen MR) is 99.6 cm³/mol. The standard InChI is InChI=1S/C18H16F3N3O5S/c1-2-14(17(26)24-10-15(25)23-13-4-3-9-22-16(13)24)29-11-5-7-12(8-6-11)30(27,28)18(19,20)21/h3-9,14H,2,10H2,1H3,(H,23,25). The molecule has 1 aliphatic rings. The van der Waals surface area contributed by atoms with E-state index in [9.17, 15) is 31.2 Å². The van der Waals surface area contributed by atoms with E-state index in [1.54, 1.807) is 19.1 Å². The molecule has 1 aliphatic heterocycles. The monoisotopic (exact) mass is 443 g/mol. The normalized spacial score (nSPS) is 15.2. The van der Waals surface area contributed by atoms with Crippen LogP contribution in [0.3, 0.4) is 0 Å². The van der Waals surface area contributed by atoms with Crippen molar-refractivity contribution in [3.8, 4) is 5.75 Å². The Balaban J connectivity index is 1.81. The molecule has 30 heavy (non-hydrogen) atoms. The summed E-state index contributed by atoms with van der Waals surface area (Å²) in [5, 5.41) is 2.60. The molecule has 1 aromatic heterocycles. The minimum absolute atomic E-state index is 0.000898. The lowest BCUT2D eigenvalue weighted by molar-refractivity contribution is -0.127. The Hall–Kier alpha value is -3.15. The Morgan fingerprint density at radius 1 is 1.27 bits per heavy atom. The Kier molecular flexibility index (Phi) is 5.70. The molecule has 2 aromatic rings. The third-order valence-electron chi connectivity index (χ3n) is 4.25. The maximum Gasteiger partial charge on any atom is 0.501 e. The highest BCUT2D eigenvalue weighted by molar-refractivity contribution is 7.92. The van der Waals surface area contributed by atoms with E-state index in [1.807, 2.05) is 0 Å². The fourth-order valence-electron chi connectivity index (χ4n) is 2.78. The van der Waals surface area contributed by atoms with Gasteiger partial charge >= 0.3 is 5.51 Å². The molecule has 0 saturated carbocycles. The summed E-state index contributed by atoms with van der Waals surface area (Å²) in [7, 11) is -5.48. The summed E-state index contributed by atoms with van der Waals surface area (Å²) in [6.07, 6.45) is 0.566. The predicted octanol–water partition coefficient (Wildman–Crippen LogP) is 2.52. The minimum atomic E-state index is -5.48. The molecule has 1 atom stereocenters. The van der Waals surface area contributed by atoms with Crippen LogP contribution >= 0.6 is 0 Å². The van der Waals surface area contributed by atoms with Crippen molar-refractivity contribution >= 4 is 33.2 Å². The molecule has 2 amide bonds. The first-order chi connectivity index (χ1) is 14.0. The molecule has 1 aromatic carbocycles. The van der Waals surface area contributed by atoms with Gasteiger partial charge in [0.15, 0.2) is 11.9 Å². The number of alkyl halides is 3. The van der Waals surface area contributed by atoms with Crippen LogP contribution in [0.2, 0.25) is 0 Å². The number of pyridine rings is 1. The van der Waals surface area contributed by atoms with Crippen LogP contribution in [0, 0.1) is 0 Å². The molecule has 3 rings (SSSR count). The highest BCUT2D eigenvalue weighted by Crippen LogP contribution is 2.32. The van der Waals surface area contributed by atoms with Gasteiger partial charge in [-0.1, -0.05) is 6.92 Å². The molecule has 0 radical (unpaired) electrons. The molecule has 8 nitrogen and oxygen atoms in total. The molecule has 0 bridgehead atoms. The van der Waals surface area contributed by atoms with E-state index >= 15 is 0 Å². The Bertz CT molecular complexity index is 1070. The van der Waals surface area contributed by atoms with Gasteiger partial charge in [0.2, 0.25) is 5.91 Å². The number of carbonyl (C=O) groups is 2. The number of ether oxygens (including phenoxy) is 1. The molecule has 2 heterocycles. The molecular formula is C18H16F3N3O5S. The highest BCUT2D eigenvalue weighted by Gasteiger charge is 2.46. The Labute approximate surface area is 169 Å². The average Bonchev–Trinajstić information content (AvgIpc) is 2.70. The van der Waals surface area contributed by atoms with Crippen LogP contribution in [-0.2, 0) is 19.4 Å². The van der Waals surface area contributed by atoms with Gasteiger partial charge < -0.3 is 10.1 Å². The summed E-state index contributed by atoms with van der Waals surface area (Å²) >= 11 is 0. The summed E-state index contributed by atoms with van der Waals surface area (Å²) in [5.74, 6) is -0.741. The van der Waals surface area contributed by atoms with E-state index < -0.39 is 38.2 Å². The molecule has 0 aliphatic carbocycles. The summed E-state index contributed by atoms with van der Waals surface area (Å²) < 4.78 is 66.3. The minimum Gasteiger partial charge on any atom is -0.481 e. The molecule has 0 saturated heterocycles. The van der Waals surface area contributed by atoms with Crippen molar-refractivity contribution in [3.63, 3.8) is 0 Å². The van der Waals surface area contributed by atoms with Crippen molar-refractivity contribution in [2.24, 2.45) is 0 Å². The van der Waals surface area contributed by atoms with Crippen LogP contribution in [0.5, 0.6) is 5.75 Å². The Morgan fingerprint density at radius 2 is 1.93 bits per heavy atom. The number of hydrogen-bond acceptors (Lipinski definition) is 6. The fraction of sp³-hybridized carbons (Fsp3) is 0.278. The molecule has 160 valence electrons. The molecule has 0 fully saturated rings. The number of benzene rings is 1. The number of fused-ring (bicyclic) bond motifs is 1.